The van der Waals surface area contributed by atoms with Crippen LogP contribution in [0.1, 0.15) is 0 Å². The number of hydrogen-bond donors (Lipinski definition) is 0. The monoisotopic (exact) mass is 1020 g/mol. The van der Waals surface area contributed by atoms with E-state index >= 15 is 0 Å². The van der Waals surface area contributed by atoms with Gasteiger partial charge in [0.05, 0.1) is 11.4 Å². The summed E-state index contributed by atoms with van der Waals surface area (Å²) in [5.74, 6) is 2.18. The fourth-order valence-corrected chi connectivity index (χ4v) is 12.9. The van der Waals surface area contributed by atoms with Crippen LogP contribution in [0.3, 0.4) is 0 Å². The van der Waals surface area contributed by atoms with Gasteiger partial charge in [0.15, 0.2) is 0 Å². The zero-order valence-corrected chi connectivity index (χ0v) is 43.5. The van der Waals surface area contributed by atoms with E-state index in [-0.39, 0.29) is 13.4 Å². The van der Waals surface area contributed by atoms with Gasteiger partial charge in [-0.05, 0) is 148 Å². The lowest BCUT2D eigenvalue weighted by molar-refractivity contribution is 0.468. The summed E-state index contributed by atoms with van der Waals surface area (Å²) in [4.78, 5) is 17.9. The van der Waals surface area contributed by atoms with Crippen molar-refractivity contribution in [1.82, 2.24) is 4.98 Å². The van der Waals surface area contributed by atoms with Gasteiger partial charge in [-0.3, -0.25) is 4.90 Å². The first-order chi connectivity index (χ1) is 39.7. The molecule has 11 aromatic carbocycles. The number of benzene rings is 11. The van der Waals surface area contributed by atoms with E-state index in [1.807, 2.05) is 0 Å². The normalized spacial score (nSPS) is 13.0. The Bertz CT molecular complexity index is 4230. The number of hydrogen-bond acceptors (Lipinski definition) is 7. The summed E-state index contributed by atoms with van der Waals surface area (Å²) in [6, 6.07) is 105. The van der Waals surface area contributed by atoms with Crippen LogP contribution in [0.5, 0.6) is 11.6 Å². The van der Waals surface area contributed by atoms with Crippen LogP contribution in [0.2, 0.25) is 0 Å². The van der Waals surface area contributed by atoms with E-state index in [4.69, 9.17) is 9.72 Å². The number of rotatable bonds is 9. The molecule has 5 heterocycles. The number of pyridine rings is 1. The standard InChI is InChI=1S/C71H48B2N6O/c1-8-26-49(27-9-1)75(50-28-10-2-11-29-50)56-44-64-68-65(45-56)79(55-38-20-7-21-39-55)70-60(72(68)58-40-22-24-42-62(58)77(64)53-34-16-5-17-35-53)48-61-71(74-70)80-67-47-57(76(51-30-12-3-13-31-51)52-32-14-4-15-33-52)46-66-69(67)73(61)59-41-23-25-43-63(59)78(66)54-36-18-6-19-37-54/h1-48H. The van der Waals surface area contributed by atoms with Crippen molar-refractivity contribution in [3.05, 3.63) is 291 Å². The number of nitrogens with zero attached hydrogens (tertiary/aromatic N) is 6. The van der Waals surface area contributed by atoms with E-state index in [0.717, 1.165) is 108 Å². The van der Waals surface area contributed by atoms with Crippen LogP contribution in [0.4, 0.5) is 85.4 Å². The fraction of sp³-hybridized carbons (Fsp3) is 0. The molecule has 0 atom stereocenters. The summed E-state index contributed by atoms with van der Waals surface area (Å²) < 4.78 is 7.55. The maximum absolute atomic E-state index is 7.55. The van der Waals surface area contributed by atoms with Gasteiger partial charge in [0.25, 0.3) is 13.4 Å². The molecule has 0 saturated carbocycles. The molecule has 0 bridgehead atoms. The largest absolute Gasteiger partial charge is 0.440 e. The molecular weight excluding hydrogens is 974 g/mol. The van der Waals surface area contributed by atoms with E-state index in [1.54, 1.807) is 0 Å². The molecule has 4 aliphatic heterocycles. The van der Waals surface area contributed by atoms with Crippen molar-refractivity contribution >= 4 is 132 Å². The Balaban J connectivity index is 0.982. The van der Waals surface area contributed by atoms with Gasteiger partial charge >= 0.3 is 0 Å². The first kappa shape index (κ1) is 45.7. The lowest BCUT2D eigenvalue weighted by Gasteiger charge is -2.45. The maximum atomic E-state index is 7.55. The fourth-order valence-electron chi connectivity index (χ4n) is 12.9. The van der Waals surface area contributed by atoms with Crippen molar-refractivity contribution in [2.75, 3.05) is 24.5 Å². The Morgan fingerprint density at radius 3 is 1.09 bits per heavy atom. The molecule has 4 aliphatic rings. The van der Waals surface area contributed by atoms with E-state index in [1.165, 1.54) is 16.4 Å². The summed E-state index contributed by atoms with van der Waals surface area (Å²) in [7, 11) is 0. The molecule has 0 spiro atoms. The van der Waals surface area contributed by atoms with E-state index < -0.39 is 0 Å². The van der Waals surface area contributed by atoms with Crippen molar-refractivity contribution in [3.63, 3.8) is 0 Å². The third kappa shape index (κ3) is 7.21. The molecule has 0 aliphatic carbocycles. The molecule has 374 valence electrons. The van der Waals surface area contributed by atoms with Crippen LogP contribution < -0.4 is 62.0 Å². The zero-order chi connectivity index (χ0) is 52.7. The van der Waals surface area contributed by atoms with Crippen LogP contribution in [-0.2, 0) is 0 Å². The van der Waals surface area contributed by atoms with Gasteiger partial charge in [-0.1, -0.05) is 170 Å². The zero-order valence-electron chi connectivity index (χ0n) is 43.5. The molecule has 16 rings (SSSR count). The molecule has 1 aromatic heterocycles. The van der Waals surface area contributed by atoms with E-state index in [0.29, 0.717) is 5.88 Å². The predicted octanol–water partition coefficient (Wildman–Crippen LogP) is 14.5. The number of fused-ring (bicyclic) bond motifs is 8. The molecule has 12 aromatic rings. The molecule has 7 nitrogen and oxygen atoms in total. The van der Waals surface area contributed by atoms with Crippen LogP contribution in [0.25, 0.3) is 0 Å². The van der Waals surface area contributed by atoms with Crippen molar-refractivity contribution in [2.45, 2.75) is 0 Å². The molecule has 0 amide bonds. The second-order valence-corrected chi connectivity index (χ2v) is 20.7. The topological polar surface area (TPSA) is 38.3 Å². The van der Waals surface area contributed by atoms with Gasteiger partial charge in [-0.25, -0.2) is 0 Å². The summed E-state index contributed by atoms with van der Waals surface area (Å²) in [5, 5.41) is 0. The Labute approximate surface area is 466 Å². The van der Waals surface area contributed by atoms with Gasteiger partial charge in [0, 0.05) is 74.3 Å². The van der Waals surface area contributed by atoms with Crippen LogP contribution in [0.15, 0.2) is 291 Å². The molecule has 80 heavy (non-hydrogen) atoms. The SMILES string of the molecule is c1ccc(N(c2ccccc2)c2cc3c4c(c2)N(c2ccccc2)c2ccccc2B4c2cc4c(nc2O3)N(c2ccccc2)c2cc(N(c3ccccc3)c3ccccc3)cc3c2B4c2ccccc2N3c2ccccc2)cc1. The Morgan fingerprint density at radius 2 is 0.637 bits per heavy atom. The van der Waals surface area contributed by atoms with Crippen molar-refractivity contribution in [1.29, 1.82) is 0 Å². The number of para-hydroxylation sites is 9. The smallest absolute Gasteiger partial charge is 0.258 e. The first-order valence-corrected chi connectivity index (χ1v) is 27.4. The average Bonchev–Trinajstić information content (AvgIpc) is 3.57. The average molecular weight is 1020 g/mol. The number of aromatic nitrogens is 1. The van der Waals surface area contributed by atoms with Crippen molar-refractivity contribution in [3.8, 4) is 11.6 Å². The number of anilines is 15. The quantitative estimate of drug-likeness (QED) is 0.133. The van der Waals surface area contributed by atoms with Gasteiger partial charge in [0.2, 0.25) is 5.88 Å². The molecule has 9 heteroatoms. The highest BCUT2D eigenvalue weighted by atomic mass is 16.5. The minimum Gasteiger partial charge on any atom is -0.440 e. The van der Waals surface area contributed by atoms with Gasteiger partial charge in [-0.15, -0.1) is 0 Å². The minimum atomic E-state index is -0.216. The van der Waals surface area contributed by atoms with E-state index in [2.05, 4.69) is 316 Å². The first-order valence-electron chi connectivity index (χ1n) is 27.4. The summed E-state index contributed by atoms with van der Waals surface area (Å²) in [6.07, 6.45) is 0. The Morgan fingerprint density at radius 1 is 0.287 bits per heavy atom. The van der Waals surface area contributed by atoms with Crippen LogP contribution >= 0.6 is 0 Å². The minimum absolute atomic E-state index is 0.201. The molecule has 0 saturated heterocycles. The third-order valence-corrected chi connectivity index (χ3v) is 16.2. The Hall–Kier alpha value is -10.5. The Kier molecular flexibility index (Phi) is 10.6. The van der Waals surface area contributed by atoms with Crippen LogP contribution in [0, 0.1) is 0 Å². The molecule has 0 N–H and O–H groups in total. The summed E-state index contributed by atoms with van der Waals surface area (Å²) >= 11 is 0. The van der Waals surface area contributed by atoms with Crippen molar-refractivity contribution < 1.29 is 4.74 Å². The second kappa shape index (κ2) is 18.6. The van der Waals surface area contributed by atoms with Crippen molar-refractivity contribution in [2.24, 2.45) is 0 Å². The van der Waals surface area contributed by atoms with Crippen LogP contribution in [-0.4, -0.2) is 18.4 Å². The molecule has 0 radical (unpaired) electrons. The molecular formula is C71H48B2N6O. The maximum Gasteiger partial charge on any atom is 0.258 e. The van der Waals surface area contributed by atoms with Gasteiger partial charge in [-0.2, -0.15) is 4.98 Å². The molecule has 0 fully saturated rings. The van der Waals surface area contributed by atoms with E-state index in [9.17, 15) is 0 Å². The predicted molar refractivity (Wildman–Crippen MR) is 333 cm³/mol. The van der Waals surface area contributed by atoms with Gasteiger partial charge < -0.3 is 24.3 Å². The molecule has 0 unspecified atom stereocenters. The third-order valence-electron chi connectivity index (χ3n) is 16.2. The van der Waals surface area contributed by atoms with Gasteiger partial charge in [0.1, 0.15) is 11.6 Å². The number of ether oxygens (including phenoxy) is 1. The highest BCUT2D eigenvalue weighted by Crippen LogP contribution is 2.50. The summed E-state index contributed by atoms with van der Waals surface area (Å²) in [5.41, 5.74) is 21.7. The highest BCUT2D eigenvalue weighted by Gasteiger charge is 2.49. The lowest BCUT2D eigenvalue weighted by atomic mass is 9.31. The summed E-state index contributed by atoms with van der Waals surface area (Å²) in [6.45, 7) is -0.417. The highest BCUT2D eigenvalue weighted by molar-refractivity contribution is 7.02. The lowest BCUT2D eigenvalue weighted by Crippen LogP contribution is -2.64. The second-order valence-electron chi connectivity index (χ2n) is 20.7.